The van der Waals surface area contributed by atoms with Crippen molar-refractivity contribution >= 4 is 24.9 Å². The summed E-state index contributed by atoms with van der Waals surface area (Å²) < 4.78 is 27.9. The van der Waals surface area contributed by atoms with Crippen LogP contribution in [0.4, 0.5) is 5.95 Å². The first-order chi connectivity index (χ1) is 10.9. The number of nitrogen functional groups attached to an aromatic ring is 1. The van der Waals surface area contributed by atoms with Gasteiger partial charge in [-0.2, -0.15) is 4.98 Å². The maximum Gasteiger partial charge on any atom is 0.472 e. The largest absolute Gasteiger partial charge is 0.472 e. The van der Waals surface area contributed by atoms with Crippen molar-refractivity contribution in [2.24, 2.45) is 0 Å². The highest BCUT2D eigenvalue weighted by molar-refractivity contribution is 7.47. The molecule has 24 heavy (non-hydrogen) atoms. The molecule has 0 bridgehead atoms. The minimum absolute atomic E-state index is 0. The van der Waals surface area contributed by atoms with Crippen LogP contribution in [0.3, 0.4) is 0 Å². The van der Waals surface area contributed by atoms with Crippen molar-refractivity contribution in [1.29, 1.82) is 0 Å². The monoisotopic (exact) mass is 362 g/mol. The molecular formula is C10H15N6O7P. The summed E-state index contributed by atoms with van der Waals surface area (Å²) in [6.07, 6.45) is -2.85. The van der Waals surface area contributed by atoms with Crippen LogP contribution >= 0.6 is 7.82 Å². The Balaban J connectivity index is 0.00000169. The van der Waals surface area contributed by atoms with E-state index in [0.717, 1.165) is 0 Å². The molecule has 14 heteroatoms. The quantitative estimate of drug-likeness (QED) is 0.374. The number of fused-ring (bicyclic) bond motifs is 2. The van der Waals surface area contributed by atoms with Gasteiger partial charge in [-0.1, -0.05) is 0 Å². The van der Waals surface area contributed by atoms with Gasteiger partial charge in [0.25, 0.3) is 5.56 Å². The molecule has 0 spiro atoms. The highest BCUT2D eigenvalue weighted by Gasteiger charge is 2.52. The molecule has 0 aromatic carbocycles. The number of aliphatic hydroxyl groups is 1. The Labute approximate surface area is 133 Å². The summed E-state index contributed by atoms with van der Waals surface area (Å²) in [5.41, 5.74) is 5.12. The average molecular weight is 362 g/mol. The summed E-state index contributed by atoms with van der Waals surface area (Å²) in [6.45, 7) is -0.214. The molecule has 4 rings (SSSR count). The molecule has 2 fully saturated rings. The zero-order valence-electron chi connectivity index (χ0n) is 12.1. The van der Waals surface area contributed by atoms with Crippen molar-refractivity contribution in [3.63, 3.8) is 0 Å². The predicted molar refractivity (Wildman–Crippen MR) is 78.2 cm³/mol. The Bertz CT molecular complexity index is 882. The number of H-pyrrole nitrogens is 1. The Morgan fingerprint density at radius 1 is 1.50 bits per heavy atom. The van der Waals surface area contributed by atoms with E-state index in [4.69, 9.17) is 15.0 Å². The number of anilines is 1. The Kier molecular flexibility index (Phi) is 3.96. The normalized spacial score (nSPS) is 35.6. The number of aliphatic hydroxyl groups excluding tert-OH is 1. The fourth-order valence-electron chi connectivity index (χ4n) is 2.69. The van der Waals surface area contributed by atoms with E-state index in [1.165, 1.54) is 10.9 Å². The van der Waals surface area contributed by atoms with Crippen LogP contribution in [0.15, 0.2) is 11.1 Å². The van der Waals surface area contributed by atoms with Gasteiger partial charge in [0.2, 0.25) is 5.95 Å². The molecule has 5 atom stereocenters. The van der Waals surface area contributed by atoms with Crippen molar-refractivity contribution < 1.29 is 28.3 Å². The van der Waals surface area contributed by atoms with Crippen LogP contribution in [-0.4, -0.2) is 54.4 Å². The molecule has 13 nitrogen and oxygen atoms in total. The molecule has 0 aliphatic carbocycles. The Morgan fingerprint density at radius 2 is 2.25 bits per heavy atom. The summed E-state index contributed by atoms with van der Waals surface area (Å²) in [7, 11) is -4.22. The van der Waals surface area contributed by atoms with Crippen molar-refractivity contribution in [3.05, 3.63) is 16.7 Å². The second-order valence-electron chi connectivity index (χ2n) is 5.17. The summed E-state index contributed by atoms with van der Waals surface area (Å²) >= 11 is 0. The van der Waals surface area contributed by atoms with E-state index < -0.39 is 37.9 Å². The zero-order chi connectivity index (χ0) is 16.4. The van der Waals surface area contributed by atoms with Gasteiger partial charge >= 0.3 is 7.82 Å². The first-order valence-corrected chi connectivity index (χ1v) is 8.07. The summed E-state index contributed by atoms with van der Waals surface area (Å²) in [5, 5.41) is 10.4. The SMILES string of the molecule is N.Nc1nc2c(ncn2[C@@H]2O[C@@H]3COP(=O)(O)O[C@H]3[C@H]2O)c(=O)[nH]1. The van der Waals surface area contributed by atoms with E-state index in [-0.39, 0.29) is 29.9 Å². The van der Waals surface area contributed by atoms with Crippen molar-refractivity contribution in [2.45, 2.75) is 24.5 Å². The number of nitrogens with one attached hydrogen (secondary N) is 1. The van der Waals surface area contributed by atoms with Crippen LogP contribution < -0.4 is 17.4 Å². The molecule has 4 heterocycles. The molecule has 0 saturated carbocycles. The molecule has 2 aliphatic rings. The molecule has 132 valence electrons. The smallest absolute Gasteiger partial charge is 0.386 e. The lowest BCUT2D eigenvalue weighted by atomic mass is 10.1. The van der Waals surface area contributed by atoms with Crippen LogP contribution in [0.25, 0.3) is 11.2 Å². The standard InChI is InChI=1S/C10H12N5O7P.H3N/c11-10-13-7-4(8(17)14-10)12-2-15(7)9-5(16)6-3(21-9)1-20-23(18,19)22-6;/h2-3,5-6,9,16H,1H2,(H,18,19)(H3,11,13,14,17);1H3/t3-,5-,6-,9-;/m1./s1. The number of phosphoric acid groups is 1. The van der Waals surface area contributed by atoms with E-state index in [9.17, 15) is 19.4 Å². The lowest BCUT2D eigenvalue weighted by Gasteiger charge is -2.27. The molecule has 2 aromatic heterocycles. The number of aromatic amines is 1. The molecule has 8 N–H and O–H groups in total. The number of nitrogens with two attached hydrogens (primary N) is 1. The van der Waals surface area contributed by atoms with Crippen molar-refractivity contribution in [3.8, 4) is 0 Å². The van der Waals surface area contributed by atoms with E-state index in [0.29, 0.717) is 0 Å². The zero-order valence-corrected chi connectivity index (χ0v) is 13.0. The van der Waals surface area contributed by atoms with Gasteiger partial charge in [-0.3, -0.25) is 23.4 Å². The van der Waals surface area contributed by atoms with Gasteiger partial charge < -0.3 is 26.6 Å². The minimum atomic E-state index is -4.22. The topological polar surface area (TPSA) is 210 Å². The molecule has 2 aromatic rings. The second kappa shape index (κ2) is 5.60. The predicted octanol–water partition coefficient (Wildman–Crippen LogP) is -1.36. The fraction of sp³-hybridized carbons (Fsp3) is 0.500. The number of phosphoric ester groups is 1. The van der Waals surface area contributed by atoms with Gasteiger partial charge in [-0.15, -0.1) is 0 Å². The molecule has 2 aliphatic heterocycles. The van der Waals surface area contributed by atoms with Crippen molar-refractivity contribution in [1.82, 2.24) is 25.7 Å². The maximum atomic E-state index is 11.8. The molecule has 0 radical (unpaired) electrons. The first-order valence-electron chi connectivity index (χ1n) is 6.57. The van der Waals surface area contributed by atoms with Gasteiger partial charge in [0.05, 0.1) is 12.9 Å². The summed E-state index contributed by atoms with van der Waals surface area (Å²) in [4.78, 5) is 31.3. The lowest BCUT2D eigenvalue weighted by Crippen LogP contribution is -2.39. The third-order valence-corrected chi connectivity index (χ3v) is 4.68. The number of imidazole rings is 1. The van der Waals surface area contributed by atoms with Gasteiger partial charge in [-0.05, 0) is 0 Å². The Morgan fingerprint density at radius 3 is 3.00 bits per heavy atom. The molecule has 1 unspecified atom stereocenters. The van der Waals surface area contributed by atoms with Crippen LogP contribution in [0.1, 0.15) is 6.23 Å². The van der Waals surface area contributed by atoms with E-state index >= 15 is 0 Å². The lowest BCUT2D eigenvalue weighted by molar-refractivity contribution is -0.0664. The highest BCUT2D eigenvalue weighted by Crippen LogP contribution is 2.52. The number of nitrogens with zero attached hydrogens (tertiary/aromatic N) is 3. The fourth-order valence-corrected chi connectivity index (χ4v) is 3.66. The second-order valence-corrected chi connectivity index (χ2v) is 6.57. The number of hydrogen-bond donors (Lipinski definition) is 5. The third-order valence-electron chi connectivity index (χ3n) is 3.69. The van der Waals surface area contributed by atoms with Gasteiger partial charge in [0.15, 0.2) is 17.4 Å². The van der Waals surface area contributed by atoms with E-state index in [1.54, 1.807) is 0 Å². The molecular weight excluding hydrogens is 347 g/mol. The van der Waals surface area contributed by atoms with Gasteiger partial charge in [0.1, 0.15) is 18.3 Å². The number of ether oxygens (including phenoxy) is 1. The van der Waals surface area contributed by atoms with Crippen LogP contribution in [0.2, 0.25) is 0 Å². The number of aromatic nitrogens is 4. The van der Waals surface area contributed by atoms with Crippen LogP contribution in [0.5, 0.6) is 0 Å². The van der Waals surface area contributed by atoms with Gasteiger partial charge in [-0.25, -0.2) is 9.55 Å². The van der Waals surface area contributed by atoms with E-state index in [2.05, 4.69) is 19.5 Å². The minimum Gasteiger partial charge on any atom is -0.386 e. The third kappa shape index (κ3) is 2.52. The highest BCUT2D eigenvalue weighted by atomic mass is 31.2. The molecule has 0 amide bonds. The number of hydrogen-bond acceptors (Lipinski definition) is 10. The Hall–Kier alpha value is -1.86. The maximum absolute atomic E-state index is 11.8. The van der Waals surface area contributed by atoms with E-state index in [1.807, 2.05) is 0 Å². The molecule has 2 saturated heterocycles. The van der Waals surface area contributed by atoms with Crippen molar-refractivity contribution in [2.75, 3.05) is 12.3 Å². The summed E-state index contributed by atoms with van der Waals surface area (Å²) in [5.74, 6) is -0.117. The van der Waals surface area contributed by atoms with Crippen LogP contribution in [-0.2, 0) is 18.3 Å². The number of rotatable bonds is 1. The first kappa shape index (κ1) is 17.0. The average Bonchev–Trinajstić information content (AvgIpc) is 3.00. The van der Waals surface area contributed by atoms with Gasteiger partial charge in [0, 0.05) is 0 Å². The van der Waals surface area contributed by atoms with Crippen LogP contribution in [0, 0.1) is 0 Å². The summed E-state index contributed by atoms with van der Waals surface area (Å²) in [6, 6.07) is 0.